The third-order valence-electron chi connectivity index (χ3n) is 3.21. The first-order valence-electron chi connectivity index (χ1n) is 5.75. The number of hydrogen-bond acceptors (Lipinski definition) is 4. The molecule has 0 aromatic carbocycles. The van der Waals surface area contributed by atoms with E-state index in [0.717, 1.165) is 30.6 Å². The van der Waals surface area contributed by atoms with Gasteiger partial charge in [0.05, 0.1) is 12.1 Å². The largest absolute Gasteiger partial charge is 0.394 e. The first-order chi connectivity index (χ1) is 8.01. The molecule has 1 aliphatic carbocycles. The molecule has 1 saturated carbocycles. The summed E-state index contributed by atoms with van der Waals surface area (Å²) in [6, 6.07) is 3.47. The number of aliphatic hydroxyl groups is 1. The van der Waals surface area contributed by atoms with Crippen molar-refractivity contribution in [1.29, 1.82) is 0 Å². The van der Waals surface area contributed by atoms with Gasteiger partial charge in [-0.3, -0.25) is 0 Å². The maximum absolute atomic E-state index is 12.1. The topological polar surface area (TPSA) is 66.4 Å². The van der Waals surface area contributed by atoms with E-state index in [1.807, 2.05) is 13.0 Å². The summed E-state index contributed by atoms with van der Waals surface area (Å²) >= 11 is 1.29. The molecule has 2 rings (SSSR count). The van der Waals surface area contributed by atoms with Crippen LogP contribution < -0.4 is 4.72 Å². The second-order valence-electron chi connectivity index (χ2n) is 4.47. The van der Waals surface area contributed by atoms with Gasteiger partial charge in [-0.25, -0.2) is 13.1 Å². The van der Waals surface area contributed by atoms with E-state index >= 15 is 0 Å². The summed E-state index contributed by atoms with van der Waals surface area (Å²) in [5.74, 6) is 0. The van der Waals surface area contributed by atoms with Crippen molar-refractivity contribution in [2.75, 3.05) is 6.61 Å². The summed E-state index contributed by atoms with van der Waals surface area (Å²) in [4.78, 5) is 1.05. The predicted octanol–water partition coefficient (Wildman–Crippen LogP) is 1.50. The highest BCUT2D eigenvalue weighted by Gasteiger charge is 2.40. The Balaban J connectivity index is 2.18. The number of rotatable bonds is 5. The molecule has 0 radical (unpaired) electrons. The van der Waals surface area contributed by atoms with Crippen LogP contribution in [0.25, 0.3) is 0 Å². The van der Waals surface area contributed by atoms with Gasteiger partial charge in [-0.2, -0.15) is 0 Å². The van der Waals surface area contributed by atoms with Crippen LogP contribution in [-0.4, -0.2) is 25.7 Å². The van der Waals surface area contributed by atoms with Gasteiger partial charge in [0, 0.05) is 4.88 Å². The van der Waals surface area contributed by atoms with Crippen LogP contribution in [0.5, 0.6) is 0 Å². The number of hydrogen-bond donors (Lipinski definition) is 2. The number of nitrogens with one attached hydrogen (secondary N) is 1. The molecule has 4 nitrogen and oxygen atoms in total. The van der Waals surface area contributed by atoms with Crippen LogP contribution in [0.3, 0.4) is 0 Å². The highest BCUT2D eigenvalue weighted by molar-refractivity contribution is 7.91. The smallest absolute Gasteiger partial charge is 0.250 e. The number of thiophene rings is 1. The Morgan fingerprint density at radius 2 is 2.18 bits per heavy atom. The van der Waals surface area contributed by atoms with Crippen molar-refractivity contribution < 1.29 is 13.5 Å². The molecule has 0 spiro atoms. The van der Waals surface area contributed by atoms with E-state index < -0.39 is 15.6 Å². The summed E-state index contributed by atoms with van der Waals surface area (Å²) in [5.41, 5.74) is -0.616. The molecule has 0 atom stereocenters. The summed E-state index contributed by atoms with van der Waals surface area (Å²) in [7, 11) is -3.47. The lowest BCUT2D eigenvalue weighted by molar-refractivity contribution is 0.111. The Morgan fingerprint density at radius 1 is 1.47 bits per heavy atom. The zero-order valence-corrected chi connectivity index (χ0v) is 11.4. The van der Waals surface area contributed by atoms with E-state index in [1.165, 1.54) is 11.3 Å². The first-order valence-corrected chi connectivity index (χ1v) is 8.05. The fourth-order valence-corrected chi connectivity index (χ4v) is 4.67. The molecule has 1 aromatic rings. The SMILES string of the molecule is CCc1ccc(S(=O)(=O)NC2(CO)CCC2)s1. The minimum atomic E-state index is -3.47. The summed E-state index contributed by atoms with van der Waals surface area (Å²) in [6.07, 6.45) is 3.24. The second kappa shape index (κ2) is 4.68. The van der Waals surface area contributed by atoms with E-state index in [4.69, 9.17) is 0 Å². The van der Waals surface area contributed by atoms with Crippen LogP contribution in [0, 0.1) is 0 Å². The summed E-state index contributed by atoms with van der Waals surface area (Å²) < 4.78 is 27.2. The van der Waals surface area contributed by atoms with Crippen LogP contribution in [0.15, 0.2) is 16.3 Å². The van der Waals surface area contributed by atoms with Crippen LogP contribution in [0.1, 0.15) is 31.1 Å². The zero-order valence-electron chi connectivity index (χ0n) is 9.77. The number of aliphatic hydroxyl groups excluding tert-OH is 1. The van der Waals surface area contributed by atoms with Gasteiger partial charge in [-0.15, -0.1) is 11.3 Å². The van der Waals surface area contributed by atoms with Crippen molar-refractivity contribution in [2.24, 2.45) is 0 Å². The molecular weight excluding hydrogens is 258 g/mol. The molecule has 6 heteroatoms. The minimum Gasteiger partial charge on any atom is -0.394 e. The van der Waals surface area contributed by atoms with Gasteiger partial charge >= 0.3 is 0 Å². The Labute approximate surface area is 106 Å². The van der Waals surface area contributed by atoms with E-state index in [9.17, 15) is 13.5 Å². The van der Waals surface area contributed by atoms with Gasteiger partial charge in [0.2, 0.25) is 0 Å². The maximum atomic E-state index is 12.1. The molecule has 17 heavy (non-hydrogen) atoms. The van der Waals surface area contributed by atoms with E-state index in [1.54, 1.807) is 6.07 Å². The maximum Gasteiger partial charge on any atom is 0.250 e. The molecule has 1 fully saturated rings. The van der Waals surface area contributed by atoms with Crippen LogP contribution in [0.2, 0.25) is 0 Å². The normalized spacial score (nSPS) is 18.9. The lowest BCUT2D eigenvalue weighted by Gasteiger charge is -2.40. The molecule has 0 unspecified atom stereocenters. The number of aryl methyl sites for hydroxylation is 1. The van der Waals surface area contributed by atoms with Crippen LogP contribution in [0.4, 0.5) is 0 Å². The molecule has 0 amide bonds. The van der Waals surface area contributed by atoms with E-state index in [0.29, 0.717) is 4.21 Å². The Kier molecular flexibility index (Phi) is 3.58. The Bertz CT molecular complexity index is 483. The van der Waals surface area contributed by atoms with Crippen molar-refractivity contribution in [2.45, 2.75) is 42.4 Å². The van der Waals surface area contributed by atoms with Gasteiger partial charge in [0.25, 0.3) is 10.0 Å². The van der Waals surface area contributed by atoms with Crippen LogP contribution >= 0.6 is 11.3 Å². The lowest BCUT2D eigenvalue weighted by Crippen LogP contribution is -2.55. The third kappa shape index (κ3) is 2.54. The third-order valence-corrected chi connectivity index (χ3v) is 6.51. The number of sulfonamides is 1. The first kappa shape index (κ1) is 13.0. The molecule has 1 heterocycles. The monoisotopic (exact) mass is 275 g/mol. The molecule has 0 aliphatic heterocycles. The van der Waals surface area contributed by atoms with Crippen molar-refractivity contribution in [1.82, 2.24) is 4.72 Å². The van der Waals surface area contributed by atoms with Gasteiger partial charge in [0.15, 0.2) is 0 Å². The second-order valence-corrected chi connectivity index (χ2v) is 7.55. The molecule has 96 valence electrons. The van der Waals surface area contributed by atoms with Crippen molar-refractivity contribution >= 4 is 21.4 Å². The van der Waals surface area contributed by atoms with Gasteiger partial charge in [-0.05, 0) is 37.8 Å². The van der Waals surface area contributed by atoms with Gasteiger partial charge in [-0.1, -0.05) is 6.92 Å². The minimum absolute atomic E-state index is 0.127. The average molecular weight is 275 g/mol. The van der Waals surface area contributed by atoms with Crippen molar-refractivity contribution in [3.63, 3.8) is 0 Å². The molecular formula is C11H17NO3S2. The molecule has 1 aromatic heterocycles. The zero-order chi connectivity index (χ0) is 12.5. The van der Waals surface area contributed by atoms with E-state index in [-0.39, 0.29) is 6.61 Å². The average Bonchev–Trinajstić information content (AvgIpc) is 2.72. The van der Waals surface area contributed by atoms with Crippen molar-refractivity contribution in [3.05, 3.63) is 17.0 Å². The molecule has 2 N–H and O–H groups in total. The Morgan fingerprint density at radius 3 is 2.59 bits per heavy atom. The fourth-order valence-electron chi connectivity index (χ4n) is 1.92. The standard InChI is InChI=1S/C11H17NO3S2/c1-2-9-4-5-10(16-9)17(14,15)12-11(8-13)6-3-7-11/h4-5,12-13H,2-3,6-8H2,1H3. The van der Waals surface area contributed by atoms with Crippen LogP contribution in [-0.2, 0) is 16.4 Å². The van der Waals surface area contributed by atoms with Gasteiger partial charge in [0.1, 0.15) is 4.21 Å². The van der Waals surface area contributed by atoms with Crippen molar-refractivity contribution in [3.8, 4) is 0 Å². The quantitative estimate of drug-likeness (QED) is 0.856. The highest BCUT2D eigenvalue weighted by Crippen LogP contribution is 2.33. The lowest BCUT2D eigenvalue weighted by atomic mass is 9.78. The predicted molar refractivity (Wildman–Crippen MR) is 67.7 cm³/mol. The van der Waals surface area contributed by atoms with Gasteiger partial charge < -0.3 is 5.11 Å². The molecule has 0 bridgehead atoms. The molecule has 0 saturated heterocycles. The molecule has 1 aliphatic rings. The fraction of sp³-hybridized carbons (Fsp3) is 0.636. The van der Waals surface area contributed by atoms with E-state index in [2.05, 4.69) is 4.72 Å². The summed E-state index contributed by atoms with van der Waals surface area (Å²) in [5, 5.41) is 9.27. The summed E-state index contributed by atoms with van der Waals surface area (Å²) in [6.45, 7) is 1.87. The highest BCUT2D eigenvalue weighted by atomic mass is 32.2. The Hall–Kier alpha value is -0.430.